The van der Waals surface area contributed by atoms with Crippen molar-refractivity contribution in [1.29, 1.82) is 0 Å². The van der Waals surface area contributed by atoms with Gasteiger partial charge in [-0.2, -0.15) is 0 Å². The number of hydrogen-bond donors (Lipinski definition) is 1. The molecule has 11 heteroatoms. The maximum Gasteiger partial charge on any atom is 0.306 e. The van der Waals surface area contributed by atoms with E-state index in [0.717, 1.165) is 44.9 Å². The van der Waals surface area contributed by atoms with Crippen LogP contribution in [-0.4, -0.2) is 81.2 Å². The van der Waals surface area contributed by atoms with Crippen molar-refractivity contribution in [3.8, 4) is 0 Å². The van der Waals surface area contributed by atoms with Gasteiger partial charge in [0.15, 0.2) is 6.10 Å². The number of ether oxygens (including phenoxy) is 2. The third-order valence-electron chi connectivity index (χ3n) is 8.47. The smallest absolute Gasteiger partial charge is 0.306 e. The van der Waals surface area contributed by atoms with Crippen molar-refractivity contribution in [2.24, 2.45) is 0 Å². The topological polar surface area (TPSA) is 131 Å². The van der Waals surface area contributed by atoms with Gasteiger partial charge in [-0.25, -0.2) is 0 Å². The average molecular weight is 820 g/mol. The predicted molar refractivity (Wildman–Crippen MR) is 232 cm³/mol. The van der Waals surface area contributed by atoms with Crippen molar-refractivity contribution < 1.29 is 47.2 Å². The van der Waals surface area contributed by atoms with Crippen LogP contribution in [0.5, 0.6) is 0 Å². The van der Waals surface area contributed by atoms with E-state index in [1.807, 2.05) is 57.6 Å². The molecule has 10 nitrogen and oxygen atoms in total. The van der Waals surface area contributed by atoms with Crippen LogP contribution in [0.2, 0.25) is 0 Å². The minimum atomic E-state index is -4.67. The molecule has 57 heavy (non-hydrogen) atoms. The molecule has 0 saturated carbocycles. The molecule has 0 aliphatic heterocycles. The third-order valence-corrected chi connectivity index (χ3v) is 9.43. The van der Waals surface area contributed by atoms with E-state index < -0.39 is 38.6 Å². The van der Waals surface area contributed by atoms with Crippen LogP contribution in [0.15, 0.2) is 85.1 Å². The standard InChI is InChI=1S/C46H78NO9P/c1-6-8-10-12-14-15-16-17-18-19-20-21-25-30-34-38-46(50)56-44(42-55-57(51,52)54-40-39-47(3,4)5)41-53-45(49)37-33-29-26-22-24-28-32-36-43(48)35-31-27-23-13-11-9-7-2/h14-15,17-18,20-23,26-28,31-32,35,43-44,48H,6-13,16,19,24-25,29-30,33-34,36-42H2,1-5H3/b15-14-,18-17-,21-20-,26-22+,27-23-,32-28-,35-31-/t43-,44-/m1/s1. The minimum Gasteiger partial charge on any atom is -0.756 e. The summed E-state index contributed by atoms with van der Waals surface area (Å²) in [4.78, 5) is 37.5. The van der Waals surface area contributed by atoms with Crippen molar-refractivity contribution in [3.63, 3.8) is 0 Å². The van der Waals surface area contributed by atoms with Gasteiger partial charge in [0.25, 0.3) is 7.82 Å². The summed E-state index contributed by atoms with van der Waals surface area (Å²) in [6.07, 6.45) is 43.6. The lowest BCUT2D eigenvalue weighted by Crippen LogP contribution is -2.37. The Bertz CT molecular complexity index is 1260. The van der Waals surface area contributed by atoms with Crippen LogP contribution in [0.1, 0.15) is 136 Å². The fraction of sp³-hybridized carbons (Fsp3) is 0.652. The first-order valence-corrected chi connectivity index (χ1v) is 22.9. The highest BCUT2D eigenvalue weighted by Gasteiger charge is 2.21. The third kappa shape index (κ3) is 41.1. The Kier molecular flexibility index (Phi) is 35.6. The van der Waals surface area contributed by atoms with Gasteiger partial charge in [-0.05, 0) is 83.5 Å². The van der Waals surface area contributed by atoms with Gasteiger partial charge in [-0.3, -0.25) is 14.2 Å². The molecule has 0 saturated heterocycles. The number of esters is 2. The first-order chi connectivity index (χ1) is 27.4. The van der Waals surface area contributed by atoms with Gasteiger partial charge in [0.1, 0.15) is 19.8 Å². The van der Waals surface area contributed by atoms with Crippen LogP contribution in [0, 0.1) is 0 Å². The Hall–Kier alpha value is -2.85. The second-order valence-electron chi connectivity index (χ2n) is 15.2. The van der Waals surface area contributed by atoms with E-state index in [2.05, 4.69) is 56.4 Å². The second kappa shape index (κ2) is 37.4. The molecule has 1 unspecified atom stereocenters. The fourth-order valence-electron chi connectivity index (χ4n) is 5.03. The maximum absolute atomic E-state index is 12.6. The van der Waals surface area contributed by atoms with Gasteiger partial charge in [0.2, 0.25) is 0 Å². The number of likely N-dealkylation sites (N-methyl/N-ethyl adjacent to an activating group) is 1. The molecule has 0 aromatic rings. The number of rotatable bonds is 37. The van der Waals surface area contributed by atoms with Crippen LogP contribution in [-0.2, 0) is 32.7 Å². The Morgan fingerprint density at radius 3 is 1.77 bits per heavy atom. The highest BCUT2D eigenvalue weighted by atomic mass is 31.2. The Balaban J connectivity index is 4.62. The molecule has 0 bridgehead atoms. The minimum absolute atomic E-state index is 0.0617. The number of quaternary nitrogens is 1. The highest BCUT2D eigenvalue weighted by molar-refractivity contribution is 7.45. The summed E-state index contributed by atoms with van der Waals surface area (Å²) in [6.45, 7) is 3.93. The molecule has 0 rings (SSSR count). The Morgan fingerprint density at radius 2 is 1.18 bits per heavy atom. The summed E-state index contributed by atoms with van der Waals surface area (Å²) in [5, 5.41) is 10.1. The SMILES string of the molecule is CCCCC/C=C\C=C/[C@@H](O)C/C=C\C/C=C/CCCC(=O)OC[C@H](COP(=O)([O-])OCC[N+](C)(C)C)OC(=O)CCCC/C=C\C/C=C\C/C=C\CCCCC. The summed E-state index contributed by atoms with van der Waals surface area (Å²) in [7, 11) is 1.06. The second-order valence-corrected chi connectivity index (χ2v) is 16.6. The first kappa shape index (κ1) is 54.2. The average Bonchev–Trinajstić information content (AvgIpc) is 3.15. The first-order valence-electron chi connectivity index (χ1n) is 21.4. The van der Waals surface area contributed by atoms with E-state index in [-0.39, 0.29) is 26.1 Å². The number of phosphoric ester groups is 1. The zero-order chi connectivity index (χ0) is 42.3. The molecule has 0 fully saturated rings. The zero-order valence-electron chi connectivity index (χ0n) is 36.1. The lowest BCUT2D eigenvalue weighted by atomic mass is 10.1. The van der Waals surface area contributed by atoms with Gasteiger partial charge < -0.3 is 33.0 Å². The lowest BCUT2D eigenvalue weighted by molar-refractivity contribution is -0.870. The van der Waals surface area contributed by atoms with Crippen LogP contribution >= 0.6 is 7.82 Å². The summed E-state index contributed by atoms with van der Waals surface area (Å²) in [5.41, 5.74) is 0. The van der Waals surface area contributed by atoms with E-state index in [0.29, 0.717) is 36.7 Å². The van der Waals surface area contributed by atoms with Gasteiger partial charge in [-0.15, -0.1) is 0 Å². The summed E-state index contributed by atoms with van der Waals surface area (Å²) < 4.78 is 33.7. The van der Waals surface area contributed by atoms with Crippen molar-refractivity contribution in [3.05, 3.63) is 85.1 Å². The van der Waals surface area contributed by atoms with Crippen LogP contribution in [0.3, 0.4) is 0 Å². The summed E-state index contributed by atoms with van der Waals surface area (Å²) in [6, 6.07) is 0. The van der Waals surface area contributed by atoms with Crippen LogP contribution in [0.25, 0.3) is 0 Å². The van der Waals surface area contributed by atoms with Crippen molar-refractivity contribution in [2.45, 2.75) is 148 Å². The van der Waals surface area contributed by atoms with E-state index in [9.17, 15) is 24.2 Å². The summed E-state index contributed by atoms with van der Waals surface area (Å²) in [5.74, 6) is -0.997. The molecule has 0 aromatic carbocycles. The molecule has 0 amide bonds. The molecular weight excluding hydrogens is 741 g/mol. The van der Waals surface area contributed by atoms with E-state index >= 15 is 0 Å². The molecule has 0 aliphatic carbocycles. The van der Waals surface area contributed by atoms with Crippen LogP contribution in [0.4, 0.5) is 0 Å². The van der Waals surface area contributed by atoms with E-state index in [1.165, 1.54) is 38.5 Å². The van der Waals surface area contributed by atoms with E-state index in [1.54, 1.807) is 6.08 Å². The molecule has 0 spiro atoms. The van der Waals surface area contributed by atoms with Gasteiger partial charge in [0.05, 0.1) is 33.9 Å². The predicted octanol–water partition coefficient (Wildman–Crippen LogP) is 10.4. The molecule has 3 atom stereocenters. The zero-order valence-corrected chi connectivity index (χ0v) is 37.0. The molecule has 1 N–H and O–H groups in total. The number of carbonyl (C=O) groups is 2. The number of carbonyl (C=O) groups excluding carboxylic acids is 2. The largest absolute Gasteiger partial charge is 0.756 e. The Labute approximate surface area is 346 Å². The quantitative estimate of drug-likeness (QED) is 0.0162. The van der Waals surface area contributed by atoms with Crippen LogP contribution < -0.4 is 4.89 Å². The monoisotopic (exact) mass is 820 g/mol. The molecule has 0 aliphatic rings. The number of aliphatic hydroxyl groups is 1. The molecular formula is C46H78NO9P. The number of nitrogens with zero attached hydrogens (tertiary/aromatic N) is 1. The highest BCUT2D eigenvalue weighted by Crippen LogP contribution is 2.38. The number of phosphoric acid groups is 1. The molecule has 0 aromatic heterocycles. The number of unbranched alkanes of at least 4 members (excludes halogenated alkanes) is 9. The van der Waals surface area contributed by atoms with Gasteiger partial charge >= 0.3 is 11.9 Å². The molecule has 0 heterocycles. The lowest BCUT2D eigenvalue weighted by Gasteiger charge is -2.28. The number of hydrogen-bond acceptors (Lipinski definition) is 9. The van der Waals surface area contributed by atoms with Crippen molar-refractivity contribution in [1.82, 2.24) is 0 Å². The van der Waals surface area contributed by atoms with Gasteiger partial charge in [0, 0.05) is 12.8 Å². The summed E-state index contributed by atoms with van der Waals surface area (Å²) >= 11 is 0. The van der Waals surface area contributed by atoms with E-state index in [4.69, 9.17) is 18.5 Å². The maximum atomic E-state index is 12.6. The molecule has 326 valence electrons. The fourth-order valence-corrected chi connectivity index (χ4v) is 5.75. The Morgan fingerprint density at radius 1 is 0.649 bits per heavy atom. The number of aliphatic hydroxyl groups excluding tert-OH is 1. The van der Waals surface area contributed by atoms with Gasteiger partial charge in [-0.1, -0.05) is 125 Å². The van der Waals surface area contributed by atoms with Crippen molar-refractivity contribution >= 4 is 19.8 Å². The normalized spacial score (nSPS) is 15.0. The van der Waals surface area contributed by atoms with Crippen molar-refractivity contribution in [2.75, 3.05) is 47.5 Å². The molecule has 0 radical (unpaired) electrons. The number of allylic oxidation sites excluding steroid dienone is 12.